The summed E-state index contributed by atoms with van der Waals surface area (Å²) in [6, 6.07) is 12.8. The molecule has 5 aromatic rings. The third-order valence-electron chi connectivity index (χ3n) is 8.49. The number of anilines is 1. The van der Waals surface area contributed by atoms with Crippen LogP contribution < -0.4 is 20.9 Å². The quantitative estimate of drug-likeness (QED) is 0.0558. The molecule has 25 heteroatoms. The van der Waals surface area contributed by atoms with Crippen molar-refractivity contribution in [3.05, 3.63) is 110 Å². The van der Waals surface area contributed by atoms with Gasteiger partial charge in [-0.1, -0.05) is 49.6 Å². The Morgan fingerprint density at radius 1 is 0.949 bits per heavy atom. The molecule has 2 fully saturated rings. The fraction of sp³-hybridized carbons (Fsp3) is 0.294. The van der Waals surface area contributed by atoms with Gasteiger partial charge in [-0.25, -0.2) is 28.8 Å². The minimum Gasteiger partial charge on any atom is -0.756 e. The summed E-state index contributed by atoms with van der Waals surface area (Å²) >= 11 is 0. The average Bonchev–Trinajstić information content (AvgIpc) is 4.02. The number of primary amides is 1. The first-order valence-corrected chi connectivity index (χ1v) is 20.2. The predicted molar refractivity (Wildman–Crippen MR) is 202 cm³/mol. The summed E-state index contributed by atoms with van der Waals surface area (Å²) in [5, 5.41) is 41.6. The number of amides is 1. The van der Waals surface area contributed by atoms with Gasteiger partial charge in [-0.15, -0.1) is 0 Å². The SMILES string of the molecule is C=Cc1ccccc1.C=Cc1ncc[nH]1.NC(=O)c1ccc[n+]([C@@H]2O[C@H](COP(=O)([O-])OP(=O)(O)OC[C@H]3O[C@@H](n4cnc5c(N)ncnc54)[C@H](O)[C@@H]3O)[C@@H](O)[C@H]2O)c1. The highest BCUT2D eigenvalue weighted by atomic mass is 31.3. The number of carbonyl (C=O) groups excluding carboxylic acids is 1. The maximum Gasteiger partial charge on any atom is 0.478 e. The molecule has 10 atom stereocenters. The summed E-state index contributed by atoms with van der Waals surface area (Å²) in [4.78, 5) is 52.3. The Kier molecular flexibility index (Phi) is 15.1. The summed E-state index contributed by atoms with van der Waals surface area (Å²) in [6.07, 6.45) is -0.102. The van der Waals surface area contributed by atoms with Gasteiger partial charge < -0.3 is 60.7 Å². The summed E-state index contributed by atoms with van der Waals surface area (Å²) in [7, 11) is -11.0. The van der Waals surface area contributed by atoms with Crippen molar-refractivity contribution in [3.8, 4) is 0 Å². The number of pyridine rings is 1. The number of aliphatic hydroxyl groups excluding tert-OH is 4. The van der Waals surface area contributed by atoms with Crippen LogP contribution in [-0.4, -0.2) is 111 Å². The van der Waals surface area contributed by atoms with Gasteiger partial charge >= 0.3 is 7.82 Å². The zero-order valence-corrected chi connectivity index (χ0v) is 32.5. The van der Waals surface area contributed by atoms with Gasteiger partial charge in [-0.2, -0.15) is 4.57 Å². The number of fused-ring (bicyclic) bond motifs is 1. The van der Waals surface area contributed by atoms with Crippen LogP contribution in [0.2, 0.25) is 0 Å². The zero-order chi connectivity index (χ0) is 42.9. The lowest BCUT2D eigenvalue weighted by Gasteiger charge is -2.26. The number of ether oxygens (including phenoxy) is 2. The highest BCUT2D eigenvalue weighted by Gasteiger charge is 2.49. The van der Waals surface area contributed by atoms with Crippen LogP contribution in [0.15, 0.2) is 93.1 Å². The molecule has 7 rings (SSSR count). The Morgan fingerprint density at radius 2 is 1.64 bits per heavy atom. The van der Waals surface area contributed by atoms with Crippen molar-refractivity contribution >= 4 is 50.7 Å². The van der Waals surface area contributed by atoms with Gasteiger partial charge in [0.2, 0.25) is 0 Å². The lowest BCUT2D eigenvalue weighted by atomic mass is 10.1. The topological polar surface area (TPSA) is 350 Å². The molecular formula is C34H41N9O14P2. The monoisotopic (exact) mass is 861 g/mol. The Labute approximate surface area is 335 Å². The Hall–Kier alpha value is -5.10. The van der Waals surface area contributed by atoms with Crippen LogP contribution in [0.25, 0.3) is 23.3 Å². The van der Waals surface area contributed by atoms with Gasteiger partial charge in [0.15, 0.2) is 36.2 Å². The molecule has 6 heterocycles. The minimum atomic E-state index is -5.62. The number of hydrogen-bond donors (Lipinski definition) is 8. The molecule has 1 aromatic carbocycles. The molecule has 59 heavy (non-hydrogen) atoms. The van der Waals surface area contributed by atoms with Gasteiger partial charge in [0.05, 0.1) is 19.5 Å². The lowest BCUT2D eigenvalue weighted by molar-refractivity contribution is -0.765. The molecule has 1 amide bonds. The second-order valence-corrected chi connectivity index (χ2v) is 15.5. The third kappa shape index (κ3) is 11.6. The van der Waals surface area contributed by atoms with Crippen molar-refractivity contribution < 1.29 is 71.5 Å². The van der Waals surface area contributed by atoms with E-state index in [0.29, 0.717) is 0 Å². The van der Waals surface area contributed by atoms with Crippen molar-refractivity contribution in [1.82, 2.24) is 29.5 Å². The fourth-order valence-electron chi connectivity index (χ4n) is 5.55. The van der Waals surface area contributed by atoms with Gasteiger partial charge in [0.25, 0.3) is 20.0 Å². The van der Waals surface area contributed by atoms with Crippen molar-refractivity contribution in [3.63, 3.8) is 0 Å². The summed E-state index contributed by atoms with van der Waals surface area (Å²) < 4.78 is 51.5. The number of nitrogen functional groups attached to an aromatic ring is 1. The van der Waals surface area contributed by atoms with Crippen LogP contribution in [0, 0.1) is 0 Å². The molecule has 23 nitrogen and oxygen atoms in total. The number of aromatic nitrogens is 7. The highest BCUT2D eigenvalue weighted by Crippen LogP contribution is 2.58. The standard InChI is InChI=1S/C21H27N7O14P2.C8H8.C5H6N2/c22-17-12-19(25-7-24-17)28(8-26-12)21-16(32)14(30)11(41-21)6-39-44(36,37)42-43(34,35)38-5-10-13(29)15(31)20(40-10)27-3-1-2-9(4-27)18(23)33;1-2-8-6-4-3-5-7-8;1-2-5-6-3-4-7-5/h1-4,7-8,10-11,13-16,20-21,29-32H,5-6H2,(H5-,22,23,24,25,33,34,35,36,37);2-7H,1H2;2-4H,1H2,(H,6,7)/t10-,11-,13-,14-,15-,16-,20-,21-;;/m1../s1. The van der Waals surface area contributed by atoms with E-state index in [9.17, 15) is 44.1 Å². The van der Waals surface area contributed by atoms with Crippen LogP contribution >= 0.6 is 15.6 Å². The normalized spacial score (nSPS) is 25.7. The van der Waals surface area contributed by atoms with Crippen molar-refractivity contribution in [2.45, 2.75) is 49.1 Å². The first-order chi connectivity index (χ1) is 28.0. The molecule has 0 saturated carbocycles. The van der Waals surface area contributed by atoms with E-state index in [0.717, 1.165) is 12.2 Å². The molecule has 4 aromatic heterocycles. The number of rotatable bonds is 13. The van der Waals surface area contributed by atoms with E-state index in [-0.39, 0.29) is 22.5 Å². The number of nitrogens with zero attached hydrogens (tertiary/aromatic N) is 6. The van der Waals surface area contributed by atoms with Gasteiger partial charge in [-0.3, -0.25) is 18.5 Å². The summed E-state index contributed by atoms with van der Waals surface area (Å²) in [6.45, 7) is 5.25. The number of imidazole rings is 2. The van der Waals surface area contributed by atoms with E-state index >= 15 is 0 Å². The maximum absolute atomic E-state index is 12.4. The Bertz CT molecular complexity index is 2290. The third-order valence-corrected chi connectivity index (χ3v) is 11.1. The lowest BCUT2D eigenvalue weighted by Crippen LogP contribution is -2.46. The number of benzene rings is 1. The zero-order valence-electron chi connectivity index (χ0n) is 30.8. The number of hydrogen-bond acceptors (Lipinski definition) is 18. The van der Waals surface area contributed by atoms with Crippen LogP contribution in [0.3, 0.4) is 0 Å². The summed E-state index contributed by atoms with van der Waals surface area (Å²) in [5.41, 5.74) is 12.6. The second kappa shape index (κ2) is 19.8. The van der Waals surface area contributed by atoms with Crippen molar-refractivity contribution in [1.29, 1.82) is 0 Å². The van der Waals surface area contributed by atoms with Gasteiger partial charge in [0.1, 0.15) is 53.8 Å². The van der Waals surface area contributed by atoms with E-state index in [1.165, 1.54) is 45.6 Å². The Morgan fingerprint density at radius 3 is 2.27 bits per heavy atom. The van der Waals surface area contributed by atoms with E-state index < -0.39 is 83.8 Å². The maximum atomic E-state index is 12.4. The van der Waals surface area contributed by atoms with Crippen LogP contribution in [0.1, 0.15) is 34.2 Å². The first kappa shape index (κ1) is 45.0. The van der Waals surface area contributed by atoms with E-state index in [2.05, 4.69) is 51.4 Å². The molecule has 2 unspecified atom stereocenters. The number of phosphoric acid groups is 2. The fourth-order valence-corrected chi connectivity index (χ4v) is 7.60. The predicted octanol–water partition coefficient (Wildman–Crippen LogP) is -0.266. The molecule has 10 N–H and O–H groups in total. The number of H-pyrrole nitrogens is 1. The van der Waals surface area contributed by atoms with Crippen molar-refractivity contribution in [2.24, 2.45) is 5.73 Å². The molecule has 0 bridgehead atoms. The molecule has 0 radical (unpaired) electrons. The van der Waals surface area contributed by atoms with E-state index in [1.807, 2.05) is 36.4 Å². The van der Waals surface area contributed by atoms with Gasteiger partial charge in [-0.05, 0) is 17.7 Å². The molecule has 0 spiro atoms. The number of carbonyl (C=O) groups is 1. The largest absolute Gasteiger partial charge is 0.756 e. The van der Waals surface area contributed by atoms with Gasteiger partial charge in [0, 0.05) is 18.5 Å². The number of phosphoric ester groups is 2. The minimum absolute atomic E-state index is 0.0446. The molecular weight excluding hydrogens is 820 g/mol. The molecule has 2 aliphatic rings. The van der Waals surface area contributed by atoms with E-state index in [4.69, 9.17) is 20.9 Å². The molecule has 0 aliphatic carbocycles. The van der Waals surface area contributed by atoms with Crippen LogP contribution in [0.4, 0.5) is 5.82 Å². The van der Waals surface area contributed by atoms with Crippen LogP contribution in [-0.2, 0) is 32.0 Å². The number of aliphatic hydroxyl groups is 4. The summed E-state index contributed by atoms with van der Waals surface area (Å²) in [5.74, 6) is 0.0908. The molecule has 2 saturated heterocycles. The molecule has 2 aliphatic heterocycles. The first-order valence-electron chi connectivity index (χ1n) is 17.2. The highest BCUT2D eigenvalue weighted by molar-refractivity contribution is 7.60. The average molecular weight is 862 g/mol. The Balaban J connectivity index is 0.000000367. The second-order valence-electron chi connectivity index (χ2n) is 12.5. The number of aromatic amines is 1. The number of nitrogens with one attached hydrogen (secondary N) is 1. The van der Waals surface area contributed by atoms with E-state index in [1.54, 1.807) is 18.5 Å². The molecule has 316 valence electrons. The number of nitrogens with two attached hydrogens (primary N) is 2. The smallest absolute Gasteiger partial charge is 0.478 e. The van der Waals surface area contributed by atoms with Crippen LogP contribution in [0.5, 0.6) is 0 Å². The van der Waals surface area contributed by atoms with Crippen molar-refractivity contribution in [2.75, 3.05) is 18.9 Å².